The number of nitrogens with zero attached hydrogens (tertiary/aromatic N) is 3. The second kappa shape index (κ2) is 11.0. The molecule has 0 spiro atoms. The highest BCUT2D eigenvalue weighted by molar-refractivity contribution is 6.31. The number of hydrogen-bond donors (Lipinski definition) is 2. The SMILES string of the molecule is CN=C[C@]1(c2ccc(Cl)cc2F)[C@H](CC(C)(C)C)N[C@@H](C(=O)Nc2cncnc2)[C@@H]1c1cccc(Cl)c1F. The molecule has 1 fully saturated rings. The number of carbonyl (C=O) groups is 1. The molecule has 1 aliphatic rings. The molecule has 38 heavy (non-hydrogen) atoms. The Balaban J connectivity index is 2.01. The van der Waals surface area contributed by atoms with E-state index in [1.54, 1.807) is 37.5 Å². The predicted octanol–water partition coefficient (Wildman–Crippen LogP) is 6.20. The number of nitrogens with one attached hydrogen (secondary N) is 2. The van der Waals surface area contributed by atoms with Crippen molar-refractivity contribution in [2.45, 2.75) is 50.6 Å². The fourth-order valence-electron chi connectivity index (χ4n) is 5.44. The number of aromatic nitrogens is 2. The fraction of sp³-hybridized carbons (Fsp3) is 0.357. The number of rotatable bonds is 6. The van der Waals surface area contributed by atoms with E-state index in [9.17, 15) is 4.79 Å². The highest BCUT2D eigenvalue weighted by Crippen LogP contribution is 2.52. The van der Waals surface area contributed by atoms with Crippen molar-refractivity contribution >= 4 is 41.0 Å². The first-order valence-corrected chi connectivity index (χ1v) is 12.9. The second-order valence-electron chi connectivity index (χ2n) is 10.6. The quantitative estimate of drug-likeness (QED) is 0.352. The number of anilines is 1. The fourth-order valence-corrected chi connectivity index (χ4v) is 5.78. The number of amides is 1. The zero-order valence-corrected chi connectivity index (χ0v) is 23.0. The van der Waals surface area contributed by atoms with Gasteiger partial charge < -0.3 is 10.6 Å². The Morgan fingerprint density at radius 2 is 1.89 bits per heavy atom. The summed E-state index contributed by atoms with van der Waals surface area (Å²) in [5.41, 5.74) is -0.741. The summed E-state index contributed by atoms with van der Waals surface area (Å²) in [6.45, 7) is 6.14. The van der Waals surface area contributed by atoms with Gasteiger partial charge in [0.1, 0.15) is 18.0 Å². The van der Waals surface area contributed by atoms with E-state index in [0.29, 0.717) is 12.1 Å². The monoisotopic (exact) mass is 559 g/mol. The molecule has 1 saturated heterocycles. The van der Waals surface area contributed by atoms with Crippen LogP contribution in [0.5, 0.6) is 0 Å². The van der Waals surface area contributed by atoms with Crippen molar-refractivity contribution in [1.82, 2.24) is 15.3 Å². The minimum atomic E-state index is -1.28. The lowest BCUT2D eigenvalue weighted by Gasteiger charge is -2.40. The van der Waals surface area contributed by atoms with E-state index >= 15 is 8.78 Å². The average Bonchev–Trinajstić information content (AvgIpc) is 3.14. The Kier molecular flexibility index (Phi) is 8.16. The topological polar surface area (TPSA) is 79.3 Å². The van der Waals surface area contributed by atoms with Crippen LogP contribution in [-0.4, -0.2) is 41.2 Å². The van der Waals surface area contributed by atoms with E-state index in [2.05, 4.69) is 25.6 Å². The largest absolute Gasteiger partial charge is 0.322 e. The van der Waals surface area contributed by atoms with E-state index in [0.717, 1.165) is 0 Å². The molecule has 0 aliphatic carbocycles. The lowest BCUT2D eigenvalue weighted by Crippen LogP contribution is -2.47. The van der Waals surface area contributed by atoms with Gasteiger partial charge in [0.15, 0.2) is 0 Å². The first-order valence-electron chi connectivity index (χ1n) is 12.1. The predicted molar refractivity (Wildman–Crippen MR) is 147 cm³/mol. The van der Waals surface area contributed by atoms with Crippen molar-refractivity contribution in [3.05, 3.63) is 87.9 Å². The van der Waals surface area contributed by atoms with Crippen LogP contribution in [0.25, 0.3) is 0 Å². The zero-order chi connectivity index (χ0) is 27.7. The number of hydrogen-bond acceptors (Lipinski definition) is 5. The van der Waals surface area contributed by atoms with Gasteiger partial charge >= 0.3 is 0 Å². The van der Waals surface area contributed by atoms with Crippen LogP contribution < -0.4 is 10.6 Å². The average molecular weight is 560 g/mol. The molecule has 4 rings (SSSR count). The van der Waals surface area contributed by atoms with Gasteiger partial charge in [0.05, 0.1) is 34.6 Å². The normalized spacial score (nSPS) is 23.6. The van der Waals surface area contributed by atoms with E-state index < -0.39 is 41.0 Å². The third-order valence-electron chi connectivity index (χ3n) is 6.79. The first-order chi connectivity index (χ1) is 18.0. The zero-order valence-electron chi connectivity index (χ0n) is 21.5. The Morgan fingerprint density at radius 3 is 2.53 bits per heavy atom. The molecule has 200 valence electrons. The second-order valence-corrected chi connectivity index (χ2v) is 11.5. The van der Waals surface area contributed by atoms with Gasteiger partial charge in [-0.15, -0.1) is 0 Å². The van der Waals surface area contributed by atoms with Crippen LogP contribution in [0.2, 0.25) is 10.0 Å². The summed E-state index contributed by atoms with van der Waals surface area (Å²) in [5, 5.41) is 6.36. The molecule has 0 saturated carbocycles. The van der Waals surface area contributed by atoms with Crippen LogP contribution in [0.15, 0.2) is 60.1 Å². The maximum atomic E-state index is 15.8. The van der Waals surface area contributed by atoms with E-state index in [4.69, 9.17) is 23.2 Å². The summed E-state index contributed by atoms with van der Waals surface area (Å²) < 4.78 is 31.6. The van der Waals surface area contributed by atoms with Crippen LogP contribution >= 0.6 is 23.2 Å². The van der Waals surface area contributed by atoms with Crippen molar-refractivity contribution in [3.8, 4) is 0 Å². The van der Waals surface area contributed by atoms with Gasteiger partial charge in [0.25, 0.3) is 0 Å². The Labute approximate surface area is 230 Å². The van der Waals surface area contributed by atoms with Gasteiger partial charge in [0, 0.05) is 35.8 Å². The molecule has 2 N–H and O–H groups in total. The van der Waals surface area contributed by atoms with Gasteiger partial charge in [-0.3, -0.25) is 9.79 Å². The van der Waals surface area contributed by atoms with Gasteiger partial charge in [-0.1, -0.05) is 62.2 Å². The highest BCUT2D eigenvalue weighted by atomic mass is 35.5. The molecule has 2 aromatic carbocycles. The van der Waals surface area contributed by atoms with Gasteiger partial charge in [-0.2, -0.15) is 0 Å². The molecule has 3 aromatic rings. The van der Waals surface area contributed by atoms with Crippen LogP contribution in [0.4, 0.5) is 14.5 Å². The van der Waals surface area contributed by atoms with Crippen LogP contribution in [-0.2, 0) is 10.2 Å². The molecular formula is C28H29Cl2F2N5O. The van der Waals surface area contributed by atoms with Crippen LogP contribution in [0.3, 0.4) is 0 Å². The highest BCUT2D eigenvalue weighted by Gasteiger charge is 2.59. The smallest absolute Gasteiger partial charge is 0.242 e. The molecule has 0 unspecified atom stereocenters. The van der Waals surface area contributed by atoms with Crippen molar-refractivity contribution < 1.29 is 13.6 Å². The van der Waals surface area contributed by atoms with Gasteiger partial charge in [0.2, 0.25) is 5.91 Å². The van der Waals surface area contributed by atoms with Gasteiger partial charge in [-0.05, 0) is 35.6 Å². The summed E-state index contributed by atoms with van der Waals surface area (Å²) in [4.78, 5) is 26.1. The summed E-state index contributed by atoms with van der Waals surface area (Å²) in [5.74, 6) is -2.65. The first kappa shape index (κ1) is 28.1. The van der Waals surface area contributed by atoms with E-state index in [1.165, 1.54) is 30.9 Å². The Hall–Kier alpha value is -2.94. The van der Waals surface area contributed by atoms with Crippen molar-refractivity contribution in [2.24, 2.45) is 10.4 Å². The number of carbonyl (C=O) groups excluding carboxylic acids is 1. The molecule has 10 heteroatoms. The number of halogens is 4. The molecular weight excluding hydrogens is 531 g/mol. The molecule has 1 aromatic heterocycles. The molecule has 0 radical (unpaired) electrons. The summed E-state index contributed by atoms with van der Waals surface area (Å²) in [6, 6.07) is 7.49. The van der Waals surface area contributed by atoms with E-state index in [1.807, 2.05) is 20.8 Å². The molecule has 0 bridgehead atoms. The number of aliphatic imine (C=N–C) groups is 1. The number of benzene rings is 2. The van der Waals surface area contributed by atoms with E-state index in [-0.39, 0.29) is 26.6 Å². The molecule has 4 atom stereocenters. The molecule has 1 amide bonds. The maximum Gasteiger partial charge on any atom is 0.242 e. The summed E-state index contributed by atoms with van der Waals surface area (Å²) >= 11 is 12.3. The minimum absolute atomic E-state index is 0.101. The minimum Gasteiger partial charge on any atom is -0.322 e. The lowest BCUT2D eigenvalue weighted by atomic mass is 9.62. The lowest BCUT2D eigenvalue weighted by molar-refractivity contribution is -0.118. The standard InChI is InChI=1S/C28H29Cl2F2N5O/c1-27(2,3)11-22-28(14-33-4,19-9-8-16(29)10-21(19)31)23(18-6-5-7-20(30)24(18)32)25(37-22)26(38)36-17-12-34-15-35-13-17/h5-10,12-15,22-23,25,37H,11H2,1-4H3,(H,36,38)/t22-,23-,25+,28-/m0/s1. The van der Waals surface area contributed by atoms with Crippen molar-refractivity contribution in [2.75, 3.05) is 12.4 Å². The maximum absolute atomic E-state index is 15.8. The Morgan fingerprint density at radius 1 is 1.18 bits per heavy atom. The molecule has 2 heterocycles. The van der Waals surface area contributed by atoms with Crippen molar-refractivity contribution in [3.63, 3.8) is 0 Å². The third-order valence-corrected chi connectivity index (χ3v) is 7.32. The van der Waals surface area contributed by atoms with Gasteiger partial charge in [-0.25, -0.2) is 18.7 Å². The van der Waals surface area contributed by atoms with Crippen LogP contribution in [0.1, 0.15) is 44.2 Å². The van der Waals surface area contributed by atoms with Crippen LogP contribution in [0, 0.1) is 17.0 Å². The third kappa shape index (κ3) is 5.44. The van der Waals surface area contributed by atoms with Crippen molar-refractivity contribution in [1.29, 1.82) is 0 Å². The summed E-state index contributed by atoms with van der Waals surface area (Å²) in [7, 11) is 1.57. The summed E-state index contributed by atoms with van der Waals surface area (Å²) in [6.07, 6.45) is 6.39. The molecule has 1 aliphatic heterocycles. The molecule has 6 nitrogen and oxygen atoms in total. The Bertz CT molecular complexity index is 1350.